The Labute approximate surface area is 138 Å². The summed E-state index contributed by atoms with van der Waals surface area (Å²) in [6.45, 7) is 7.46. The zero-order valence-electron chi connectivity index (χ0n) is 14.0. The SMILES string of the molecule is Cc1cccc(C[C@H]2CCCN(CC(=O)N3CCOCC3)C2)n1. The highest BCUT2D eigenvalue weighted by Crippen LogP contribution is 2.20. The number of likely N-dealkylation sites (tertiary alicyclic amines) is 1. The second-order valence-electron chi connectivity index (χ2n) is 6.71. The zero-order valence-corrected chi connectivity index (χ0v) is 14.0. The average Bonchev–Trinajstić information content (AvgIpc) is 2.56. The van der Waals surface area contributed by atoms with E-state index in [1.165, 1.54) is 18.5 Å². The summed E-state index contributed by atoms with van der Waals surface area (Å²) >= 11 is 0. The number of aromatic nitrogens is 1. The molecule has 0 unspecified atom stereocenters. The molecule has 0 saturated carbocycles. The van der Waals surface area contributed by atoms with E-state index in [0.29, 0.717) is 25.7 Å². The van der Waals surface area contributed by atoms with Crippen LogP contribution in [0, 0.1) is 12.8 Å². The highest BCUT2D eigenvalue weighted by Gasteiger charge is 2.24. The summed E-state index contributed by atoms with van der Waals surface area (Å²) in [7, 11) is 0. The summed E-state index contributed by atoms with van der Waals surface area (Å²) in [5, 5.41) is 0. The first-order valence-electron chi connectivity index (χ1n) is 8.71. The molecule has 1 aromatic rings. The molecule has 126 valence electrons. The van der Waals surface area contributed by atoms with E-state index >= 15 is 0 Å². The predicted octanol–water partition coefficient (Wildman–Crippen LogP) is 1.50. The molecule has 2 saturated heterocycles. The fourth-order valence-corrected chi connectivity index (χ4v) is 3.57. The van der Waals surface area contributed by atoms with Crippen molar-refractivity contribution in [2.24, 2.45) is 5.92 Å². The van der Waals surface area contributed by atoms with Crippen LogP contribution >= 0.6 is 0 Å². The fourth-order valence-electron chi connectivity index (χ4n) is 3.57. The van der Waals surface area contributed by atoms with Gasteiger partial charge in [-0.2, -0.15) is 0 Å². The van der Waals surface area contributed by atoms with Crippen LogP contribution in [0.2, 0.25) is 0 Å². The second kappa shape index (κ2) is 7.88. The molecule has 23 heavy (non-hydrogen) atoms. The van der Waals surface area contributed by atoms with E-state index in [1.807, 2.05) is 17.9 Å². The summed E-state index contributed by atoms with van der Waals surface area (Å²) in [5.74, 6) is 0.859. The highest BCUT2D eigenvalue weighted by molar-refractivity contribution is 5.78. The molecule has 2 fully saturated rings. The van der Waals surface area contributed by atoms with Gasteiger partial charge in [-0.15, -0.1) is 0 Å². The second-order valence-corrected chi connectivity index (χ2v) is 6.71. The van der Waals surface area contributed by atoms with E-state index < -0.39 is 0 Å². The number of pyridine rings is 1. The number of carbonyl (C=O) groups excluding carboxylic acids is 1. The monoisotopic (exact) mass is 317 g/mol. The van der Waals surface area contributed by atoms with Crippen LogP contribution in [0.4, 0.5) is 0 Å². The van der Waals surface area contributed by atoms with Crippen LogP contribution < -0.4 is 0 Å². The number of hydrogen-bond donors (Lipinski definition) is 0. The molecular weight excluding hydrogens is 290 g/mol. The summed E-state index contributed by atoms with van der Waals surface area (Å²) < 4.78 is 5.32. The number of aryl methyl sites for hydroxylation is 1. The summed E-state index contributed by atoms with van der Waals surface area (Å²) in [6, 6.07) is 6.24. The van der Waals surface area contributed by atoms with Crippen molar-refractivity contribution in [3.8, 4) is 0 Å². The molecule has 0 aliphatic carbocycles. The molecule has 3 rings (SSSR count). The van der Waals surface area contributed by atoms with Crippen LogP contribution in [-0.2, 0) is 16.0 Å². The summed E-state index contributed by atoms with van der Waals surface area (Å²) in [4.78, 5) is 21.3. The van der Waals surface area contributed by atoms with Gasteiger partial charge in [0.05, 0.1) is 19.8 Å². The maximum Gasteiger partial charge on any atom is 0.236 e. The third-order valence-corrected chi connectivity index (χ3v) is 4.77. The molecule has 5 heteroatoms. The van der Waals surface area contributed by atoms with Gasteiger partial charge in [-0.3, -0.25) is 14.7 Å². The average molecular weight is 317 g/mol. The van der Waals surface area contributed by atoms with E-state index in [1.54, 1.807) is 0 Å². The minimum atomic E-state index is 0.252. The molecule has 0 spiro atoms. The van der Waals surface area contributed by atoms with Gasteiger partial charge >= 0.3 is 0 Å². The van der Waals surface area contributed by atoms with E-state index in [9.17, 15) is 4.79 Å². The van der Waals surface area contributed by atoms with Crippen LogP contribution in [0.15, 0.2) is 18.2 Å². The number of nitrogens with zero attached hydrogens (tertiary/aromatic N) is 3. The van der Waals surface area contributed by atoms with Crippen molar-refractivity contribution >= 4 is 5.91 Å². The van der Waals surface area contributed by atoms with Crippen LogP contribution in [0.5, 0.6) is 0 Å². The Bertz CT molecular complexity index is 529. The van der Waals surface area contributed by atoms with Gasteiger partial charge in [0.25, 0.3) is 0 Å². The maximum atomic E-state index is 12.4. The number of piperidine rings is 1. The highest BCUT2D eigenvalue weighted by atomic mass is 16.5. The van der Waals surface area contributed by atoms with Crippen LogP contribution in [0.1, 0.15) is 24.2 Å². The molecule has 0 aromatic carbocycles. The fraction of sp³-hybridized carbons (Fsp3) is 0.667. The summed E-state index contributed by atoms with van der Waals surface area (Å²) in [5.41, 5.74) is 2.26. The number of carbonyl (C=O) groups is 1. The van der Waals surface area contributed by atoms with E-state index in [0.717, 1.165) is 38.3 Å². The molecule has 2 aliphatic rings. The quantitative estimate of drug-likeness (QED) is 0.844. The van der Waals surface area contributed by atoms with Crippen LogP contribution in [-0.4, -0.2) is 66.6 Å². The minimum Gasteiger partial charge on any atom is -0.378 e. The van der Waals surface area contributed by atoms with Crippen molar-refractivity contribution in [2.75, 3.05) is 45.9 Å². The van der Waals surface area contributed by atoms with Gasteiger partial charge in [-0.05, 0) is 50.8 Å². The molecule has 2 aliphatic heterocycles. The van der Waals surface area contributed by atoms with E-state index in [2.05, 4.69) is 22.0 Å². The van der Waals surface area contributed by atoms with Gasteiger partial charge in [0, 0.05) is 31.0 Å². The topological polar surface area (TPSA) is 45.7 Å². The standard InChI is InChI=1S/C18H27N3O2/c1-15-4-2-6-17(19-15)12-16-5-3-7-20(13-16)14-18(22)21-8-10-23-11-9-21/h2,4,6,16H,3,5,7-14H2,1H3/t16-/m1/s1. The number of hydrogen-bond acceptors (Lipinski definition) is 4. The van der Waals surface area contributed by atoms with Gasteiger partial charge in [0.1, 0.15) is 0 Å². The smallest absolute Gasteiger partial charge is 0.236 e. The third kappa shape index (κ3) is 4.75. The molecule has 0 bridgehead atoms. The van der Waals surface area contributed by atoms with Crippen molar-refractivity contribution < 1.29 is 9.53 Å². The minimum absolute atomic E-state index is 0.252. The summed E-state index contributed by atoms with van der Waals surface area (Å²) in [6.07, 6.45) is 3.43. The molecule has 1 amide bonds. The van der Waals surface area contributed by atoms with E-state index in [4.69, 9.17) is 4.74 Å². The van der Waals surface area contributed by atoms with Crippen LogP contribution in [0.3, 0.4) is 0 Å². The number of ether oxygens (including phenoxy) is 1. The van der Waals surface area contributed by atoms with Crippen molar-refractivity contribution in [3.63, 3.8) is 0 Å². The largest absolute Gasteiger partial charge is 0.378 e. The van der Waals surface area contributed by atoms with Gasteiger partial charge in [-0.1, -0.05) is 6.07 Å². The first-order valence-corrected chi connectivity index (χ1v) is 8.71. The Morgan fingerprint density at radius 2 is 2.13 bits per heavy atom. The number of morpholine rings is 1. The zero-order chi connectivity index (χ0) is 16.1. The maximum absolute atomic E-state index is 12.4. The Balaban J connectivity index is 1.50. The lowest BCUT2D eigenvalue weighted by atomic mass is 9.93. The number of amides is 1. The van der Waals surface area contributed by atoms with Crippen LogP contribution in [0.25, 0.3) is 0 Å². The number of rotatable bonds is 4. The molecule has 3 heterocycles. The van der Waals surface area contributed by atoms with Crippen molar-refractivity contribution in [2.45, 2.75) is 26.2 Å². The molecule has 0 N–H and O–H groups in total. The molecule has 5 nitrogen and oxygen atoms in total. The third-order valence-electron chi connectivity index (χ3n) is 4.77. The lowest BCUT2D eigenvalue weighted by molar-refractivity contribution is -0.136. The lowest BCUT2D eigenvalue weighted by Gasteiger charge is -2.34. The van der Waals surface area contributed by atoms with E-state index in [-0.39, 0.29) is 5.91 Å². The Morgan fingerprint density at radius 1 is 1.30 bits per heavy atom. The Morgan fingerprint density at radius 3 is 2.91 bits per heavy atom. The predicted molar refractivity (Wildman–Crippen MR) is 89.2 cm³/mol. The first kappa shape index (κ1) is 16.4. The van der Waals surface area contributed by atoms with Gasteiger partial charge in [-0.25, -0.2) is 0 Å². The molecule has 0 radical (unpaired) electrons. The Hall–Kier alpha value is -1.46. The first-order chi connectivity index (χ1) is 11.2. The lowest BCUT2D eigenvalue weighted by Crippen LogP contribution is -2.48. The van der Waals surface area contributed by atoms with Gasteiger partial charge < -0.3 is 9.64 Å². The van der Waals surface area contributed by atoms with Gasteiger partial charge in [0.2, 0.25) is 5.91 Å². The van der Waals surface area contributed by atoms with Crippen molar-refractivity contribution in [3.05, 3.63) is 29.6 Å². The Kier molecular flexibility index (Phi) is 5.62. The van der Waals surface area contributed by atoms with Crippen molar-refractivity contribution in [1.29, 1.82) is 0 Å². The molecular formula is C18H27N3O2. The van der Waals surface area contributed by atoms with Gasteiger partial charge in [0.15, 0.2) is 0 Å². The molecule has 1 aromatic heterocycles. The van der Waals surface area contributed by atoms with Crippen molar-refractivity contribution in [1.82, 2.24) is 14.8 Å². The molecule has 1 atom stereocenters. The normalized spacial score (nSPS) is 23.0.